The molecule has 1 aromatic rings. The van der Waals surface area contributed by atoms with Gasteiger partial charge in [0.2, 0.25) is 23.7 Å². The second-order valence-electron chi connectivity index (χ2n) is 11.9. The number of fused-ring (bicyclic) bond motifs is 1. The van der Waals surface area contributed by atoms with Crippen LogP contribution in [0.5, 0.6) is 5.75 Å². The van der Waals surface area contributed by atoms with E-state index in [1.54, 1.807) is 27.8 Å². The molecule has 0 spiro atoms. The second kappa shape index (κ2) is 16.1. The second-order valence-corrected chi connectivity index (χ2v) is 13.5. The summed E-state index contributed by atoms with van der Waals surface area (Å²) in [5.41, 5.74) is 8.20. The number of rotatable bonds is 15. The van der Waals surface area contributed by atoms with Gasteiger partial charge in [-0.25, -0.2) is 0 Å². The van der Waals surface area contributed by atoms with Gasteiger partial charge in [-0.2, -0.15) is 8.42 Å². The maximum atomic E-state index is 13.4. The van der Waals surface area contributed by atoms with Crippen molar-refractivity contribution in [1.29, 1.82) is 0 Å². The van der Waals surface area contributed by atoms with Crippen LogP contribution in [0.3, 0.4) is 0 Å². The molecule has 258 valence electrons. The quantitative estimate of drug-likeness (QED) is 0.0723. The molecule has 16 heteroatoms. The molecule has 0 aromatic heterocycles. The Hall–Kier alpha value is -3.92. The molecule has 46 heavy (non-hydrogen) atoms. The topological polar surface area (TPSA) is 211 Å². The lowest BCUT2D eigenvalue weighted by atomic mass is 9.94. The lowest BCUT2D eigenvalue weighted by Gasteiger charge is -2.26. The van der Waals surface area contributed by atoms with E-state index < -0.39 is 51.4 Å². The fourth-order valence-corrected chi connectivity index (χ4v) is 6.76. The number of nitrogens with zero attached hydrogens (tertiary/aromatic N) is 2. The van der Waals surface area contributed by atoms with Gasteiger partial charge in [-0.15, -0.1) is 4.40 Å². The molecule has 2 atom stereocenters. The number of carbonyl (C=O) groups is 4. The van der Waals surface area contributed by atoms with Crippen LogP contribution in [-0.2, 0) is 40.4 Å². The van der Waals surface area contributed by atoms with E-state index in [9.17, 15) is 27.6 Å². The zero-order valence-corrected chi connectivity index (χ0v) is 29.1. The Morgan fingerprint density at radius 3 is 2.33 bits per heavy atom. The Morgan fingerprint density at radius 1 is 1.09 bits per heavy atom. The van der Waals surface area contributed by atoms with Crippen LogP contribution in [0.2, 0.25) is 0 Å². The molecule has 3 amide bonds. The minimum Gasteiger partial charge on any atom is -0.487 e. The zero-order chi connectivity index (χ0) is 35.0. The van der Waals surface area contributed by atoms with E-state index in [1.807, 2.05) is 20.8 Å². The molecular formula is C30H49N7O8S. The van der Waals surface area contributed by atoms with Crippen molar-refractivity contribution < 1.29 is 37.1 Å². The van der Waals surface area contributed by atoms with Crippen LogP contribution in [0.15, 0.2) is 9.29 Å². The Balaban J connectivity index is 2.09. The molecule has 1 aliphatic heterocycles. The summed E-state index contributed by atoms with van der Waals surface area (Å²) in [6.07, 6.45) is 0.979. The molecule has 0 radical (unpaired) electrons. The van der Waals surface area contributed by atoms with Crippen LogP contribution in [-0.4, -0.2) is 101 Å². The van der Waals surface area contributed by atoms with Gasteiger partial charge >= 0.3 is 5.97 Å². The van der Waals surface area contributed by atoms with E-state index in [-0.39, 0.29) is 49.9 Å². The van der Waals surface area contributed by atoms with E-state index in [4.69, 9.17) is 15.2 Å². The van der Waals surface area contributed by atoms with Crippen molar-refractivity contribution in [2.45, 2.75) is 90.3 Å². The van der Waals surface area contributed by atoms with E-state index in [0.29, 0.717) is 23.3 Å². The van der Waals surface area contributed by atoms with Crippen molar-refractivity contribution in [3.63, 3.8) is 0 Å². The molecule has 2 rings (SSSR count). The third kappa shape index (κ3) is 10.0. The molecule has 1 heterocycles. The minimum atomic E-state index is -4.18. The van der Waals surface area contributed by atoms with Crippen molar-refractivity contribution in [1.82, 2.24) is 26.2 Å². The third-order valence-electron chi connectivity index (χ3n) is 7.51. The summed E-state index contributed by atoms with van der Waals surface area (Å²) in [7, 11) is -1.16. The molecule has 0 aliphatic carbocycles. The number of sulfonamides is 1. The Morgan fingerprint density at radius 2 is 1.74 bits per heavy atom. The van der Waals surface area contributed by atoms with E-state index in [1.165, 1.54) is 14.0 Å². The lowest BCUT2D eigenvalue weighted by molar-refractivity contribution is -0.149. The molecule has 15 nitrogen and oxygen atoms in total. The van der Waals surface area contributed by atoms with E-state index in [0.717, 1.165) is 16.0 Å². The number of likely N-dealkylation sites (N-methyl/N-ethyl adjacent to an activating group) is 2. The van der Waals surface area contributed by atoms with Gasteiger partial charge in [0.1, 0.15) is 30.0 Å². The highest BCUT2D eigenvalue weighted by Crippen LogP contribution is 2.44. The fraction of sp³-hybridized carbons (Fsp3) is 0.633. The number of benzene rings is 1. The molecule has 0 saturated carbocycles. The van der Waals surface area contributed by atoms with Crippen LogP contribution < -0.4 is 31.7 Å². The standard InChI is InChI=1S/C30H49N7O8S/c1-10-44-24(39)16-37(9)28(41)23(15-32-8)35-27(40)22(34-20(5)38)12-11-13-33-29(31)36-46(42,43)26-18(3)17(2)25-21(19(26)4)14-30(6,7)45-25/h22-23,32H,10-16H2,1-9H3,(H,34,38)(H,35,40)(H3,31,33,36)/t22-,23-/m0/s1. The van der Waals surface area contributed by atoms with Crippen LogP contribution in [0.1, 0.15) is 62.8 Å². The van der Waals surface area contributed by atoms with Gasteiger partial charge in [0.05, 0.1) is 11.5 Å². The number of guanidine groups is 1. The average Bonchev–Trinajstić information content (AvgIpc) is 3.28. The summed E-state index contributed by atoms with van der Waals surface area (Å²) in [6, 6.07) is -2.03. The Labute approximate surface area is 271 Å². The Bertz CT molecular complexity index is 1460. The lowest BCUT2D eigenvalue weighted by Crippen LogP contribution is -2.57. The van der Waals surface area contributed by atoms with Crippen LogP contribution in [0.4, 0.5) is 0 Å². The smallest absolute Gasteiger partial charge is 0.325 e. The van der Waals surface area contributed by atoms with Gasteiger partial charge in [-0.1, -0.05) is 0 Å². The largest absolute Gasteiger partial charge is 0.487 e. The van der Waals surface area contributed by atoms with Gasteiger partial charge in [0.15, 0.2) is 0 Å². The highest BCUT2D eigenvalue weighted by molar-refractivity contribution is 7.90. The first-order chi connectivity index (χ1) is 21.3. The van der Waals surface area contributed by atoms with Crippen LogP contribution in [0, 0.1) is 20.8 Å². The minimum absolute atomic E-state index is 0.0705. The molecule has 1 aromatic carbocycles. The van der Waals surface area contributed by atoms with Crippen molar-refractivity contribution in [3.8, 4) is 5.75 Å². The number of carbonyl (C=O) groups excluding carboxylic acids is 4. The average molecular weight is 668 g/mol. The van der Waals surface area contributed by atoms with Crippen molar-refractivity contribution >= 4 is 39.7 Å². The van der Waals surface area contributed by atoms with Crippen molar-refractivity contribution in [3.05, 3.63) is 22.3 Å². The first kappa shape index (κ1) is 38.3. The molecule has 0 saturated heterocycles. The highest BCUT2D eigenvalue weighted by atomic mass is 32.2. The summed E-state index contributed by atoms with van der Waals surface area (Å²) >= 11 is 0. The molecule has 6 N–H and O–H groups in total. The number of esters is 1. The van der Waals surface area contributed by atoms with Crippen LogP contribution in [0.25, 0.3) is 0 Å². The van der Waals surface area contributed by atoms with Gasteiger partial charge in [0.25, 0.3) is 10.0 Å². The monoisotopic (exact) mass is 667 g/mol. The maximum Gasteiger partial charge on any atom is 0.325 e. The van der Waals surface area contributed by atoms with Gasteiger partial charge < -0.3 is 41.4 Å². The predicted molar refractivity (Wildman–Crippen MR) is 173 cm³/mol. The number of nitrogens with one attached hydrogen (secondary N) is 4. The zero-order valence-electron chi connectivity index (χ0n) is 28.3. The number of hydrogen-bond acceptors (Lipinski definition) is 9. The molecule has 0 bridgehead atoms. The Kier molecular flexibility index (Phi) is 13.4. The highest BCUT2D eigenvalue weighted by Gasteiger charge is 2.36. The maximum absolute atomic E-state index is 13.4. The molecule has 0 fully saturated rings. The molecule has 1 aliphatic rings. The molecular weight excluding hydrogens is 618 g/mol. The fourth-order valence-electron chi connectivity index (χ4n) is 5.30. The van der Waals surface area contributed by atoms with Crippen molar-refractivity contribution in [2.24, 2.45) is 10.1 Å². The first-order valence-corrected chi connectivity index (χ1v) is 16.6. The normalized spacial score (nSPS) is 15.2. The first-order valence-electron chi connectivity index (χ1n) is 15.1. The van der Waals surface area contributed by atoms with E-state index in [2.05, 4.69) is 25.7 Å². The predicted octanol–water partition coefficient (Wildman–Crippen LogP) is -0.0710. The van der Waals surface area contributed by atoms with Gasteiger partial charge in [-0.3, -0.25) is 19.2 Å². The third-order valence-corrected chi connectivity index (χ3v) is 9.07. The number of ether oxygens (including phenoxy) is 2. The summed E-state index contributed by atoms with van der Waals surface area (Å²) in [5.74, 6) is -1.79. The summed E-state index contributed by atoms with van der Waals surface area (Å²) < 4.78 is 41.6. The van der Waals surface area contributed by atoms with E-state index >= 15 is 0 Å². The van der Waals surface area contributed by atoms with Gasteiger partial charge in [0, 0.05) is 39.0 Å². The van der Waals surface area contributed by atoms with Gasteiger partial charge in [-0.05, 0) is 78.1 Å². The number of amides is 3. The number of nitrogens with two attached hydrogens (primary N) is 1. The summed E-state index contributed by atoms with van der Waals surface area (Å²) in [4.78, 5) is 51.0. The summed E-state index contributed by atoms with van der Waals surface area (Å²) in [5, 5.41) is 10.8. The SMILES string of the molecule is CCOC(=O)CN(C)C(=O)[C@H](CNC)NC(=O)[C@H](CCCN/C(N)=N\S(=O)(=O)c1c(C)c(C)c2c(c1C)CC(C)(C)O2)NC(C)=O. The van der Waals surface area contributed by atoms with Crippen LogP contribution >= 0.6 is 0 Å². The van der Waals surface area contributed by atoms with Crippen molar-refractivity contribution in [2.75, 3.05) is 40.3 Å². The number of hydrogen-bond donors (Lipinski definition) is 5. The summed E-state index contributed by atoms with van der Waals surface area (Å²) in [6.45, 7) is 12.2. The molecule has 0 unspecified atom stereocenters.